The molecule has 3 heteroatoms. The van der Waals surface area contributed by atoms with E-state index in [1.165, 1.54) is 41.6 Å². The van der Waals surface area contributed by atoms with E-state index < -0.39 is 0 Å². The Morgan fingerprint density at radius 1 is 1.38 bits per heavy atom. The van der Waals surface area contributed by atoms with Crippen molar-refractivity contribution in [2.75, 3.05) is 6.54 Å². The molecule has 1 N–H and O–H groups in total. The van der Waals surface area contributed by atoms with Gasteiger partial charge >= 0.3 is 0 Å². The van der Waals surface area contributed by atoms with Crippen molar-refractivity contribution >= 4 is 27.3 Å². The predicted octanol–water partition coefficient (Wildman–Crippen LogP) is 3.72. The molecule has 1 atom stereocenters. The summed E-state index contributed by atoms with van der Waals surface area (Å²) in [5.41, 5.74) is 1.46. The highest BCUT2D eigenvalue weighted by Gasteiger charge is 2.14. The highest BCUT2D eigenvalue weighted by molar-refractivity contribution is 9.11. The molecule has 1 aliphatic heterocycles. The lowest BCUT2D eigenvalue weighted by atomic mass is 10.1. The molecule has 0 radical (unpaired) electrons. The summed E-state index contributed by atoms with van der Waals surface area (Å²) >= 11 is 5.29. The van der Waals surface area contributed by atoms with Gasteiger partial charge in [0.2, 0.25) is 0 Å². The van der Waals surface area contributed by atoms with E-state index in [4.69, 9.17) is 0 Å². The van der Waals surface area contributed by atoms with Crippen LogP contribution in [0.1, 0.15) is 37.3 Å². The fraction of sp³-hybridized carbons (Fsp3) is 0.600. The van der Waals surface area contributed by atoms with Gasteiger partial charge in [-0.3, -0.25) is 0 Å². The molecule has 0 spiro atoms. The summed E-state index contributed by atoms with van der Waals surface area (Å²) in [6, 6.07) is 2.85. The van der Waals surface area contributed by atoms with Gasteiger partial charge in [0.05, 0.1) is 3.79 Å². The molecule has 1 nitrogen and oxygen atoms in total. The first-order valence-corrected chi connectivity index (χ1v) is 6.51. The lowest BCUT2D eigenvalue weighted by Gasteiger charge is -2.13. The minimum absolute atomic E-state index is 0.602. The van der Waals surface area contributed by atoms with Crippen LogP contribution >= 0.6 is 27.3 Å². The molecule has 1 saturated heterocycles. The van der Waals surface area contributed by atoms with Gasteiger partial charge in [-0.15, -0.1) is 11.3 Å². The van der Waals surface area contributed by atoms with Crippen LogP contribution in [-0.2, 0) is 0 Å². The van der Waals surface area contributed by atoms with Gasteiger partial charge < -0.3 is 5.32 Å². The maximum absolute atomic E-state index is 3.60. The SMILES string of the molecule is Brc1cc(C2CCCCCN2)cs1. The summed E-state index contributed by atoms with van der Waals surface area (Å²) in [6.45, 7) is 1.18. The first kappa shape index (κ1) is 9.69. The van der Waals surface area contributed by atoms with Crippen LogP contribution in [0.15, 0.2) is 15.2 Å². The summed E-state index contributed by atoms with van der Waals surface area (Å²) in [7, 11) is 0. The molecule has 1 fully saturated rings. The molecule has 1 aliphatic rings. The molecule has 0 bridgehead atoms. The minimum Gasteiger partial charge on any atom is -0.310 e. The lowest BCUT2D eigenvalue weighted by molar-refractivity contribution is 0.536. The van der Waals surface area contributed by atoms with Gasteiger partial charge in [0.25, 0.3) is 0 Å². The summed E-state index contributed by atoms with van der Waals surface area (Å²) < 4.78 is 1.24. The van der Waals surface area contributed by atoms with Crippen LogP contribution in [-0.4, -0.2) is 6.54 Å². The highest BCUT2D eigenvalue weighted by Crippen LogP contribution is 2.29. The van der Waals surface area contributed by atoms with Gasteiger partial charge in [0, 0.05) is 6.04 Å². The number of thiophene rings is 1. The van der Waals surface area contributed by atoms with Crippen molar-refractivity contribution in [1.82, 2.24) is 5.32 Å². The van der Waals surface area contributed by atoms with Gasteiger partial charge in [-0.1, -0.05) is 12.8 Å². The molecule has 1 unspecified atom stereocenters. The van der Waals surface area contributed by atoms with Crippen molar-refractivity contribution in [2.24, 2.45) is 0 Å². The number of hydrogen-bond donors (Lipinski definition) is 1. The van der Waals surface area contributed by atoms with E-state index in [1.807, 2.05) is 0 Å². The van der Waals surface area contributed by atoms with Crippen LogP contribution < -0.4 is 5.32 Å². The van der Waals surface area contributed by atoms with Crippen molar-refractivity contribution in [1.29, 1.82) is 0 Å². The number of rotatable bonds is 1. The minimum atomic E-state index is 0.602. The average Bonchev–Trinajstić information content (AvgIpc) is 2.43. The van der Waals surface area contributed by atoms with Crippen LogP contribution in [0.25, 0.3) is 0 Å². The van der Waals surface area contributed by atoms with Crippen molar-refractivity contribution in [3.05, 3.63) is 20.8 Å². The lowest BCUT2D eigenvalue weighted by Crippen LogP contribution is -2.19. The fourth-order valence-corrected chi connectivity index (χ4v) is 3.05. The second-order valence-corrected chi connectivity index (χ2v) is 5.83. The Labute approximate surface area is 91.7 Å². The maximum atomic E-state index is 3.60. The molecule has 2 rings (SSSR count). The maximum Gasteiger partial charge on any atom is 0.0701 e. The monoisotopic (exact) mass is 259 g/mol. The summed E-state index contributed by atoms with van der Waals surface area (Å²) in [4.78, 5) is 0. The Hall–Kier alpha value is 0.140. The Morgan fingerprint density at radius 3 is 3.08 bits per heavy atom. The van der Waals surface area contributed by atoms with E-state index >= 15 is 0 Å². The van der Waals surface area contributed by atoms with E-state index in [0.717, 1.165) is 0 Å². The zero-order valence-corrected chi connectivity index (χ0v) is 9.96. The molecular weight excluding hydrogens is 246 g/mol. The molecule has 1 aromatic heterocycles. The zero-order chi connectivity index (χ0) is 9.10. The second kappa shape index (κ2) is 4.58. The quantitative estimate of drug-likeness (QED) is 0.811. The van der Waals surface area contributed by atoms with Crippen LogP contribution in [0.4, 0.5) is 0 Å². The van der Waals surface area contributed by atoms with Gasteiger partial charge in [-0.05, 0) is 52.3 Å². The van der Waals surface area contributed by atoms with Crippen LogP contribution in [0.2, 0.25) is 0 Å². The van der Waals surface area contributed by atoms with Crippen molar-refractivity contribution in [3.63, 3.8) is 0 Å². The molecule has 0 aromatic carbocycles. The Bertz CT molecular complexity index is 264. The largest absolute Gasteiger partial charge is 0.310 e. The van der Waals surface area contributed by atoms with Crippen LogP contribution in [0, 0.1) is 0 Å². The fourth-order valence-electron chi connectivity index (χ4n) is 1.82. The van der Waals surface area contributed by atoms with Gasteiger partial charge in [-0.25, -0.2) is 0 Å². The third-order valence-electron chi connectivity index (χ3n) is 2.55. The molecule has 72 valence electrons. The number of halogens is 1. The van der Waals surface area contributed by atoms with E-state index in [-0.39, 0.29) is 0 Å². The van der Waals surface area contributed by atoms with Gasteiger partial charge in [0.1, 0.15) is 0 Å². The summed E-state index contributed by atoms with van der Waals surface area (Å²) in [6.07, 6.45) is 5.38. The average molecular weight is 260 g/mol. The molecule has 0 saturated carbocycles. The van der Waals surface area contributed by atoms with Crippen molar-refractivity contribution in [3.8, 4) is 0 Å². The van der Waals surface area contributed by atoms with Crippen LogP contribution in [0.3, 0.4) is 0 Å². The smallest absolute Gasteiger partial charge is 0.0701 e. The molecule has 2 heterocycles. The number of hydrogen-bond acceptors (Lipinski definition) is 2. The normalized spacial score (nSPS) is 24.2. The summed E-state index contributed by atoms with van der Waals surface area (Å²) in [5, 5.41) is 5.85. The van der Waals surface area contributed by atoms with Gasteiger partial charge in [-0.2, -0.15) is 0 Å². The van der Waals surface area contributed by atoms with E-state index in [2.05, 4.69) is 32.7 Å². The van der Waals surface area contributed by atoms with Crippen molar-refractivity contribution in [2.45, 2.75) is 31.7 Å². The van der Waals surface area contributed by atoms with E-state index in [1.54, 1.807) is 11.3 Å². The van der Waals surface area contributed by atoms with E-state index in [9.17, 15) is 0 Å². The van der Waals surface area contributed by atoms with Crippen molar-refractivity contribution < 1.29 is 0 Å². The highest BCUT2D eigenvalue weighted by atomic mass is 79.9. The third-order valence-corrected chi connectivity index (χ3v) is 4.07. The first-order chi connectivity index (χ1) is 6.36. The molecule has 0 aliphatic carbocycles. The number of nitrogens with one attached hydrogen (secondary N) is 1. The molecule has 0 amide bonds. The predicted molar refractivity (Wildman–Crippen MR) is 61.2 cm³/mol. The topological polar surface area (TPSA) is 12.0 Å². The molecular formula is C10H14BrNS. The molecule has 1 aromatic rings. The first-order valence-electron chi connectivity index (χ1n) is 4.83. The zero-order valence-electron chi connectivity index (χ0n) is 7.55. The Kier molecular flexibility index (Phi) is 3.41. The standard InChI is InChI=1S/C10H14BrNS/c11-10-6-8(7-13-10)9-4-2-1-3-5-12-9/h6-7,9,12H,1-5H2. The Morgan fingerprint density at radius 2 is 2.31 bits per heavy atom. The summed E-state index contributed by atoms with van der Waals surface area (Å²) in [5.74, 6) is 0. The van der Waals surface area contributed by atoms with Crippen LogP contribution in [0.5, 0.6) is 0 Å². The second-order valence-electron chi connectivity index (χ2n) is 3.54. The van der Waals surface area contributed by atoms with Gasteiger partial charge in [0.15, 0.2) is 0 Å². The third kappa shape index (κ3) is 2.55. The Balaban J connectivity index is 2.06. The van der Waals surface area contributed by atoms with E-state index in [0.29, 0.717) is 6.04 Å². The molecule has 13 heavy (non-hydrogen) atoms.